The number of aromatic amines is 1. The van der Waals surface area contributed by atoms with Gasteiger partial charge in [0.2, 0.25) is 0 Å². The monoisotopic (exact) mass is 424 g/mol. The van der Waals surface area contributed by atoms with Crippen molar-refractivity contribution in [1.82, 2.24) is 25.0 Å². The van der Waals surface area contributed by atoms with Gasteiger partial charge in [-0.25, -0.2) is 18.1 Å². The molecule has 4 aromatic rings. The minimum atomic E-state index is -3.87. The first-order chi connectivity index (χ1) is 14.4. The molecule has 1 aliphatic carbocycles. The number of hydrogen-bond donors (Lipinski definition) is 3. The molecule has 1 aliphatic rings. The molecule has 1 saturated carbocycles. The van der Waals surface area contributed by atoms with Gasteiger partial charge in [-0.05, 0) is 56.0 Å². The van der Waals surface area contributed by atoms with E-state index in [0.29, 0.717) is 30.0 Å². The average molecular weight is 424 g/mol. The zero-order valence-corrected chi connectivity index (χ0v) is 17.0. The second-order valence-electron chi connectivity index (χ2n) is 7.55. The Morgan fingerprint density at radius 2 is 2.10 bits per heavy atom. The number of sulfonamides is 1. The minimum Gasteiger partial charge on any atom is -0.385 e. The van der Waals surface area contributed by atoms with E-state index in [1.807, 2.05) is 13.0 Å². The van der Waals surface area contributed by atoms with Crippen LogP contribution in [0.4, 0.5) is 5.69 Å². The fraction of sp³-hybridized carbons (Fsp3) is 0.250. The number of fused-ring (bicyclic) bond motifs is 1. The molecule has 3 N–H and O–H groups in total. The SMILES string of the molecule is Cc1n[nH]c2cccc(NS(=O)(=O)c3cnn(-c4cc(C5(O)CCC5)ccn4)c3)c12. The fourth-order valence-corrected chi connectivity index (χ4v) is 4.73. The number of pyridine rings is 1. The second-order valence-corrected chi connectivity index (χ2v) is 9.23. The molecule has 0 spiro atoms. The van der Waals surface area contributed by atoms with Crippen LogP contribution in [0.3, 0.4) is 0 Å². The van der Waals surface area contributed by atoms with Gasteiger partial charge in [-0.15, -0.1) is 0 Å². The van der Waals surface area contributed by atoms with E-state index in [1.165, 1.54) is 17.1 Å². The van der Waals surface area contributed by atoms with Crippen LogP contribution in [0.15, 0.2) is 53.8 Å². The normalized spacial score (nSPS) is 15.8. The van der Waals surface area contributed by atoms with Gasteiger partial charge in [-0.3, -0.25) is 9.82 Å². The van der Waals surface area contributed by atoms with Crippen LogP contribution in [0.5, 0.6) is 0 Å². The molecule has 0 unspecified atom stereocenters. The predicted molar refractivity (Wildman–Crippen MR) is 111 cm³/mol. The summed E-state index contributed by atoms with van der Waals surface area (Å²) in [5, 5.41) is 22.5. The molecule has 1 fully saturated rings. The number of anilines is 1. The molecule has 1 aromatic carbocycles. The molecule has 10 heteroatoms. The largest absolute Gasteiger partial charge is 0.385 e. The predicted octanol–water partition coefficient (Wildman–Crippen LogP) is 2.62. The number of aromatic nitrogens is 5. The summed E-state index contributed by atoms with van der Waals surface area (Å²) in [6.45, 7) is 1.81. The van der Waals surface area contributed by atoms with Gasteiger partial charge >= 0.3 is 0 Å². The van der Waals surface area contributed by atoms with Crippen LogP contribution in [0, 0.1) is 6.92 Å². The Kier molecular flexibility index (Phi) is 4.16. The molecule has 3 heterocycles. The number of aryl methyl sites for hydroxylation is 1. The molecule has 3 aromatic heterocycles. The summed E-state index contributed by atoms with van der Waals surface area (Å²) in [7, 11) is -3.87. The van der Waals surface area contributed by atoms with Crippen molar-refractivity contribution in [3.63, 3.8) is 0 Å². The third-order valence-electron chi connectivity index (χ3n) is 5.58. The molecule has 5 rings (SSSR count). The first-order valence-electron chi connectivity index (χ1n) is 9.56. The lowest BCUT2D eigenvalue weighted by Gasteiger charge is -2.37. The Hall–Kier alpha value is -3.24. The summed E-state index contributed by atoms with van der Waals surface area (Å²) in [6, 6.07) is 8.80. The van der Waals surface area contributed by atoms with Crippen LogP contribution in [0.1, 0.15) is 30.5 Å². The Morgan fingerprint density at radius 3 is 2.87 bits per heavy atom. The number of nitrogens with zero attached hydrogens (tertiary/aromatic N) is 4. The van der Waals surface area contributed by atoms with Gasteiger partial charge in [0.1, 0.15) is 4.90 Å². The van der Waals surface area contributed by atoms with Crippen LogP contribution in [-0.2, 0) is 15.6 Å². The van der Waals surface area contributed by atoms with E-state index in [2.05, 4.69) is 25.0 Å². The highest BCUT2D eigenvalue weighted by atomic mass is 32.2. The number of benzene rings is 1. The zero-order valence-electron chi connectivity index (χ0n) is 16.2. The van der Waals surface area contributed by atoms with Gasteiger partial charge < -0.3 is 5.11 Å². The highest BCUT2D eigenvalue weighted by Gasteiger charge is 2.36. The number of H-pyrrole nitrogens is 1. The first kappa shape index (κ1) is 18.8. The standard InChI is InChI=1S/C20H20N6O3S/c1-13-19-16(24-23-13)4-2-5-17(19)25-30(28,29)15-11-22-26(12-15)18-10-14(6-9-21-18)20(27)7-3-8-20/h2,4-6,9-12,25,27H,3,7-8H2,1H3,(H,23,24). The van der Waals surface area contributed by atoms with Crippen LogP contribution in [0.2, 0.25) is 0 Å². The Morgan fingerprint density at radius 1 is 1.27 bits per heavy atom. The molecule has 154 valence electrons. The van der Waals surface area contributed by atoms with Crippen molar-refractivity contribution in [1.29, 1.82) is 0 Å². The van der Waals surface area contributed by atoms with Crippen molar-refractivity contribution < 1.29 is 13.5 Å². The van der Waals surface area contributed by atoms with E-state index in [1.54, 1.807) is 30.5 Å². The molecular weight excluding hydrogens is 404 g/mol. The fourth-order valence-electron chi connectivity index (χ4n) is 3.73. The summed E-state index contributed by atoms with van der Waals surface area (Å²) in [6.07, 6.45) is 6.67. The highest BCUT2D eigenvalue weighted by molar-refractivity contribution is 7.92. The maximum absolute atomic E-state index is 12.9. The van der Waals surface area contributed by atoms with E-state index in [9.17, 15) is 13.5 Å². The number of aliphatic hydroxyl groups is 1. The van der Waals surface area contributed by atoms with Crippen LogP contribution in [-0.4, -0.2) is 38.5 Å². The maximum Gasteiger partial charge on any atom is 0.265 e. The van der Waals surface area contributed by atoms with Gasteiger partial charge in [0.15, 0.2) is 5.82 Å². The second kappa shape index (κ2) is 6.64. The summed E-state index contributed by atoms with van der Waals surface area (Å²) in [5.41, 5.74) is 1.83. The summed E-state index contributed by atoms with van der Waals surface area (Å²) < 4.78 is 29.9. The number of hydrogen-bond acceptors (Lipinski definition) is 6. The molecule has 30 heavy (non-hydrogen) atoms. The van der Waals surface area contributed by atoms with Crippen molar-refractivity contribution in [2.45, 2.75) is 36.7 Å². The molecular formula is C20H20N6O3S. The molecule has 0 amide bonds. The van der Waals surface area contributed by atoms with Crippen LogP contribution < -0.4 is 4.72 Å². The van der Waals surface area contributed by atoms with Crippen molar-refractivity contribution in [3.8, 4) is 5.82 Å². The number of rotatable bonds is 5. The van der Waals surface area contributed by atoms with Crippen molar-refractivity contribution in [3.05, 3.63) is 60.2 Å². The van der Waals surface area contributed by atoms with E-state index in [0.717, 1.165) is 22.9 Å². The third kappa shape index (κ3) is 3.04. The number of nitrogens with one attached hydrogen (secondary N) is 2. The summed E-state index contributed by atoms with van der Waals surface area (Å²) >= 11 is 0. The van der Waals surface area contributed by atoms with E-state index in [-0.39, 0.29) is 4.90 Å². The summed E-state index contributed by atoms with van der Waals surface area (Å²) in [5.74, 6) is 0.446. The van der Waals surface area contributed by atoms with Crippen molar-refractivity contribution >= 4 is 26.6 Å². The molecule has 0 radical (unpaired) electrons. The first-order valence-corrected chi connectivity index (χ1v) is 11.0. The smallest absolute Gasteiger partial charge is 0.265 e. The highest BCUT2D eigenvalue weighted by Crippen LogP contribution is 2.41. The average Bonchev–Trinajstić information content (AvgIpc) is 3.35. The van der Waals surface area contributed by atoms with Gasteiger partial charge in [0.05, 0.1) is 34.9 Å². The summed E-state index contributed by atoms with van der Waals surface area (Å²) in [4.78, 5) is 4.28. The van der Waals surface area contributed by atoms with E-state index in [4.69, 9.17) is 0 Å². The lowest BCUT2D eigenvalue weighted by molar-refractivity contribution is -0.0388. The Balaban J connectivity index is 1.46. The van der Waals surface area contributed by atoms with E-state index >= 15 is 0 Å². The van der Waals surface area contributed by atoms with Crippen LogP contribution >= 0.6 is 0 Å². The molecule has 9 nitrogen and oxygen atoms in total. The van der Waals surface area contributed by atoms with E-state index < -0.39 is 15.6 Å². The topological polar surface area (TPSA) is 126 Å². The third-order valence-corrected chi connectivity index (χ3v) is 6.90. The molecule has 0 bridgehead atoms. The van der Waals surface area contributed by atoms with Gasteiger partial charge in [-0.2, -0.15) is 10.2 Å². The van der Waals surface area contributed by atoms with Gasteiger partial charge in [-0.1, -0.05) is 6.07 Å². The lowest BCUT2D eigenvalue weighted by Crippen LogP contribution is -2.33. The molecule has 0 aliphatic heterocycles. The minimum absolute atomic E-state index is 0.00945. The molecule has 0 atom stereocenters. The molecule has 0 saturated heterocycles. The van der Waals surface area contributed by atoms with Gasteiger partial charge in [0, 0.05) is 11.6 Å². The van der Waals surface area contributed by atoms with Crippen molar-refractivity contribution in [2.75, 3.05) is 4.72 Å². The quantitative estimate of drug-likeness (QED) is 0.452. The Bertz CT molecular complexity index is 1350. The maximum atomic E-state index is 12.9. The van der Waals surface area contributed by atoms with Crippen LogP contribution in [0.25, 0.3) is 16.7 Å². The Labute approximate surface area is 172 Å². The van der Waals surface area contributed by atoms with Gasteiger partial charge in [0.25, 0.3) is 10.0 Å². The lowest BCUT2D eigenvalue weighted by atomic mass is 9.75. The van der Waals surface area contributed by atoms with Crippen molar-refractivity contribution in [2.24, 2.45) is 0 Å². The zero-order chi connectivity index (χ0) is 20.9.